The second-order valence-electron chi connectivity index (χ2n) is 9.33. The van der Waals surface area contributed by atoms with Crippen LogP contribution in [-0.4, -0.2) is 39.6 Å². The fourth-order valence-electron chi connectivity index (χ4n) is 2.53. The van der Waals surface area contributed by atoms with Crippen LogP contribution in [0.3, 0.4) is 0 Å². The van der Waals surface area contributed by atoms with Crippen molar-refractivity contribution in [2.45, 2.75) is 64.6 Å². The summed E-state index contributed by atoms with van der Waals surface area (Å²) in [6, 6.07) is 14.8. The van der Waals surface area contributed by atoms with E-state index < -0.39 is 8.32 Å². The average Bonchev–Trinajstić information content (AvgIpc) is 2.77. The Labute approximate surface area is 199 Å². The van der Waals surface area contributed by atoms with Crippen LogP contribution in [0, 0.1) is 0 Å². The van der Waals surface area contributed by atoms with E-state index in [2.05, 4.69) is 43.3 Å². The van der Waals surface area contributed by atoms with Crippen LogP contribution in [0.4, 0.5) is 0 Å². The Morgan fingerprint density at radius 3 is 1.55 bits per heavy atom. The Morgan fingerprint density at radius 1 is 0.788 bits per heavy atom. The number of rotatable bonds is 8. The minimum atomic E-state index is -1.78. The number of carbonyl (C=O) groups is 2. The lowest BCUT2D eigenvalue weighted by Crippen LogP contribution is -2.43. The molecule has 182 valence electrons. The van der Waals surface area contributed by atoms with Crippen molar-refractivity contribution in [1.29, 1.82) is 0 Å². The maximum atomic E-state index is 11.1. The molecule has 6 nitrogen and oxygen atoms in total. The Balaban J connectivity index is 0.000000361. The van der Waals surface area contributed by atoms with E-state index in [0.717, 1.165) is 16.9 Å². The summed E-state index contributed by atoms with van der Waals surface area (Å²) in [7, 11) is 1.01. The molecule has 0 aromatic heterocycles. The van der Waals surface area contributed by atoms with E-state index in [1.807, 2.05) is 24.3 Å². The molecule has 0 aliphatic heterocycles. The van der Waals surface area contributed by atoms with Crippen LogP contribution < -0.4 is 4.43 Å². The topological polar surface area (TPSA) is 82.1 Å². The van der Waals surface area contributed by atoms with Gasteiger partial charge >= 0.3 is 11.9 Å². The number of hydrogen-bond acceptors (Lipinski definition) is 6. The number of carbonyl (C=O) groups excluding carboxylic acids is 2. The summed E-state index contributed by atoms with van der Waals surface area (Å²) in [5.74, 6) is 0.764. The summed E-state index contributed by atoms with van der Waals surface area (Å²) in [5, 5.41) is 9.18. The quantitative estimate of drug-likeness (QED) is 0.392. The molecular formula is C26H38O6Si. The maximum Gasteiger partial charge on any atom is 0.305 e. The molecule has 2 aromatic rings. The average molecular weight is 475 g/mol. The molecule has 7 heteroatoms. The van der Waals surface area contributed by atoms with E-state index in [0.29, 0.717) is 25.7 Å². The Kier molecular flexibility index (Phi) is 11.2. The first-order valence-electron chi connectivity index (χ1n) is 11.1. The fourth-order valence-corrected chi connectivity index (χ4v) is 3.56. The van der Waals surface area contributed by atoms with E-state index in [9.17, 15) is 9.59 Å². The normalized spacial score (nSPS) is 11.1. The van der Waals surface area contributed by atoms with Crippen LogP contribution in [0.1, 0.15) is 44.7 Å². The number of benzene rings is 2. The predicted octanol–water partition coefficient (Wildman–Crippen LogP) is 5.67. The van der Waals surface area contributed by atoms with Crippen molar-refractivity contribution in [1.82, 2.24) is 0 Å². The van der Waals surface area contributed by atoms with Crippen LogP contribution >= 0.6 is 0 Å². The lowest BCUT2D eigenvalue weighted by molar-refractivity contribution is -0.141. The zero-order valence-electron chi connectivity index (χ0n) is 20.9. The fraction of sp³-hybridized carbons (Fsp3) is 0.462. The van der Waals surface area contributed by atoms with Gasteiger partial charge in [0.15, 0.2) is 0 Å². The first-order chi connectivity index (χ1) is 15.4. The summed E-state index contributed by atoms with van der Waals surface area (Å²) in [4.78, 5) is 21.9. The number of aromatic hydroxyl groups is 1. The summed E-state index contributed by atoms with van der Waals surface area (Å²) in [6.45, 7) is 11.1. The van der Waals surface area contributed by atoms with Crippen LogP contribution in [0.25, 0.3) is 0 Å². The molecule has 0 aliphatic carbocycles. The molecule has 0 atom stereocenters. The largest absolute Gasteiger partial charge is 0.544 e. The molecule has 0 fully saturated rings. The van der Waals surface area contributed by atoms with Crippen molar-refractivity contribution >= 4 is 20.3 Å². The molecule has 0 saturated carbocycles. The van der Waals surface area contributed by atoms with Crippen LogP contribution in [0.5, 0.6) is 11.5 Å². The number of esters is 2. The standard InChI is InChI=1S/C16H26O3Si.C10H12O3/c1-16(2,3)20(5,6)19-14-10-7-13(8-11-14)9-12-15(17)18-4;1-13-10(12)7-4-8-2-5-9(11)6-3-8/h7-8,10-11H,9,12H2,1-6H3;2-3,5-6,11H,4,7H2,1H3. The van der Waals surface area contributed by atoms with E-state index in [4.69, 9.17) is 9.53 Å². The predicted molar refractivity (Wildman–Crippen MR) is 133 cm³/mol. The third kappa shape index (κ3) is 10.6. The molecule has 0 amide bonds. The Morgan fingerprint density at radius 2 is 1.18 bits per heavy atom. The lowest BCUT2D eigenvalue weighted by atomic mass is 10.1. The number of aryl methyl sites for hydroxylation is 2. The van der Waals surface area contributed by atoms with Crippen molar-refractivity contribution in [2.75, 3.05) is 14.2 Å². The number of phenolic OH excluding ortho intramolecular Hbond substituents is 1. The highest BCUT2D eigenvalue weighted by atomic mass is 28.4. The minimum Gasteiger partial charge on any atom is -0.544 e. The van der Waals surface area contributed by atoms with Gasteiger partial charge in [-0.05, 0) is 66.4 Å². The Hall–Kier alpha value is -2.80. The van der Waals surface area contributed by atoms with Crippen molar-refractivity contribution < 1.29 is 28.6 Å². The number of methoxy groups -OCH3 is 2. The highest BCUT2D eigenvalue weighted by Gasteiger charge is 2.38. The molecule has 0 heterocycles. The van der Waals surface area contributed by atoms with Gasteiger partial charge in [0.05, 0.1) is 14.2 Å². The molecule has 2 rings (SSSR count). The third-order valence-corrected chi connectivity index (χ3v) is 10.1. The molecule has 2 aromatic carbocycles. The highest BCUT2D eigenvalue weighted by molar-refractivity contribution is 6.74. The summed E-state index contributed by atoms with van der Waals surface area (Å²) in [5.41, 5.74) is 2.14. The number of hydrogen-bond donors (Lipinski definition) is 1. The van der Waals surface area contributed by atoms with Gasteiger partial charge in [-0.2, -0.15) is 0 Å². The molecule has 0 radical (unpaired) electrons. The van der Waals surface area contributed by atoms with E-state index in [1.165, 1.54) is 14.2 Å². The number of phenols is 1. The smallest absolute Gasteiger partial charge is 0.305 e. The third-order valence-electron chi connectivity index (χ3n) is 5.73. The first kappa shape index (κ1) is 28.2. The molecule has 0 bridgehead atoms. The molecule has 1 N–H and O–H groups in total. The van der Waals surface area contributed by atoms with Crippen LogP contribution in [-0.2, 0) is 31.9 Å². The first-order valence-corrected chi connectivity index (χ1v) is 14.0. The molecular weight excluding hydrogens is 436 g/mol. The van der Waals surface area contributed by atoms with Crippen LogP contribution in [0.15, 0.2) is 48.5 Å². The molecule has 0 spiro atoms. The van der Waals surface area contributed by atoms with E-state index in [1.54, 1.807) is 24.3 Å². The van der Waals surface area contributed by atoms with Crippen molar-refractivity contribution in [3.05, 3.63) is 59.7 Å². The van der Waals surface area contributed by atoms with Crippen LogP contribution in [0.2, 0.25) is 18.1 Å². The van der Waals surface area contributed by atoms with E-state index in [-0.39, 0.29) is 22.7 Å². The Bertz CT molecular complexity index is 867. The molecule has 0 unspecified atom stereocenters. The van der Waals surface area contributed by atoms with Gasteiger partial charge in [0.1, 0.15) is 11.5 Å². The SMILES string of the molecule is COC(=O)CCc1ccc(O)cc1.COC(=O)CCc1ccc(O[Si](C)(C)C(C)(C)C)cc1. The minimum absolute atomic E-state index is 0.174. The van der Waals surface area contributed by atoms with Gasteiger partial charge in [-0.15, -0.1) is 0 Å². The van der Waals surface area contributed by atoms with Gasteiger partial charge in [0.25, 0.3) is 0 Å². The van der Waals surface area contributed by atoms with E-state index >= 15 is 0 Å². The number of ether oxygens (including phenoxy) is 2. The van der Waals surface area contributed by atoms with Gasteiger partial charge in [-0.25, -0.2) is 0 Å². The van der Waals surface area contributed by atoms with Gasteiger partial charge in [-0.1, -0.05) is 45.0 Å². The summed E-state index contributed by atoms with van der Waals surface area (Å²) < 4.78 is 15.4. The van der Waals surface area contributed by atoms with Crippen molar-refractivity contribution in [3.8, 4) is 11.5 Å². The maximum absolute atomic E-state index is 11.1. The highest BCUT2D eigenvalue weighted by Crippen LogP contribution is 2.37. The van der Waals surface area contributed by atoms with Gasteiger partial charge in [0.2, 0.25) is 8.32 Å². The zero-order valence-corrected chi connectivity index (χ0v) is 21.9. The second kappa shape index (κ2) is 13.0. The van der Waals surface area contributed by atoms with Crippen molar-refractivity contribution in [3.63, 3.8) is 0 Å². The molecule has 0 saturated heterocycles. The summed E-state index contributed by atoms with van der Waals surface area (Å²) >= 11 is 0. The van der Waals surface area contributed by atoms with Gasteiger partial charge < -0.3 is 19.0 Å². The second-order valence-corrected chi connectivity index (χ2v) is 14.0. The molecule has 0 aliphatic rings. The summed E-state index contributed by atoms with van der Waals surface area (Å²) in [6.07, 6.45) is 2.14. The zero-order chi connectivity index (χ0) is 25.1. The monoisotopic (exact) mass is 474 g/mol. The van der Waals surface area contributed by atoms with Gasteiger partial charge in [0, 0.05) is 12.8 Å². The van der Waals surface area contributed by atoms with Crippen molar-refractivity contribution in [2.24, 2.45) is 0 Å². The van der Waals surface area contributed by atoms with Gasteiger partial charge in [-0.3, -0.25) is 9.59 Å². The lowest BCUT2D eigenvalue weighted by Gasteiger charge is -2.36. The molecule has 33 heavy (non-hydrogen) atoms.